The highest BCUT2D eigenvalue weighted by Crippen LogP contribution is 2.25. The average molecular weight is 344 g/mol. The van der Waals surface area contributed by atoms with Crippen LogP contribution in [0.25, 0.3) is 22.6 Å². The van der Waals surface area contributed by atoms with Crippen LogP contribution in [-0.4, -0.2) is 29.1 Å². The summed E-state index contributed by atoms with van der Waals surface area (Å²) < 4.78 is 0. The normalized spacial score (nSPS) is 15.0. The van der Waals surface area contributed by atoms with Crippen LogP contribution in [0.1, 0.15) is 18.4 Å². The number of rotatable bonds is 4. The molecule has 132 valence electrons. The molecule has 0 amide bonds. The molecule has 0 saturated carbocycles. The van der Waals surface area contributed by atoms with Gasteiger partial charge in [-0.1, -0.05) is 60.2 Å². The highest BCUT2D eigenvalue weighted by molar-refractivity contribution is 5.67. The Morgan fingerprint density at radius 2 is 1.62 bits per heavy atom. The third-order valence-corrected chi connectivity index (χ3v) is 4.80. The zero-order valence-electron chi connectivity index (χ0n) is 15.1. The maximum Gasteiger partial charge on any atom is 0.162 e. The van der Waals surface area contributed by atoms with E-state index in [1.165, 1.54) is 5.56 Å². The van der Waals surface area contributed by atoms with E-state index >= 15 is 0 Å². The van der Waals surface area contributed by atoms with Gasteiger partial charge in [0.15, 0.2) is 5.82 Å². The molecule has 1 fully saturated rings. The first-order chi connectivity index (χ1) is 12.8. The SMILES string of the molecule is Cc1ccc(-c2nc(NC3CCNCC3)cc(-c3ccccc3)n2)cc1. The Morgan fingerprint density at radius 3 is 2.35 bits per heavy atom. The molecule has 2 heterocycles. The minimum Gasteiger partial charge on any atom is -0.367 e. The van der Waals surface area contributed by atoms with E-state index in [4.69, 9.17) is 9.97 Å². The molecule has 1 aliphatic heterocycles. The Balaban J connectivity index is 1.72. The fourth-order valence-electron chi connectivity index (χ4n) is 3.29. The zero-order chi connectivity index (χ0) is 17.8. The Morgan fingerprint density at radius 1 is 0.885 bits per heavy atom. The Kier molecular flexibility index (Phi) is 4.93. The van der Waals surface area contributed by atoms with Gasteiger partial charge in [-0.05, 0) is 32.9 Å². The maximum absolute atomic E-state index is 4.83. The molecule has 0 bridgehead atoms. The number of aromatic nitrogens is 2. The van der Waals surface area contributed by atoms with Crippen LogP contribution < -0.4 is 10.6 Å². The standard InChI is InChI=1S/C22H24N4/c1-16-7-9-18(10-8-16)22-25-20(17-5-3-2-4-6-17)15-21(26-22)24-19-11-13-23-14-12-19/h2-10,15,19,23H,11-14H2,1H3,(H,24,25,26). The van der Waals surface area contributed by atoms with Crippen LogP contribution in [0.4, 0.5) is 5.82 Å². The van der Waals surface area contributed by atoms with E-state index in [0.29, 0.717) is 6.04 Å². The van der Waals surface area contributed by atoms with Crippen molar-refractivity contribution in [2.24, 2.45) is 0 Å². The smallest absolute Gasteiger partial charge is 0.162 e. The molecule has 1 aromatic heterocycles. The minimum atomic E-state index is 0.459. The number of nitrogens with zero attached hydrogens (tertiary/aromatic N) is 2. The second kappa shape index (κ2) is 7.67. The molecular weight excluding hydrogens is 320 g/mol. The first-order valence-electron chi connectivity index (χ1n) is 9.27. The van der Waals surface area contributed by atoms with Gasteiger partial charge in [0.25, 0.3) is 0 Å². The van der Waals surface area contributed by atoms with Gasteiger partial charge >= 0.3 is 0 Å². The molecule has 0 unspecified atom stereocenters. The fourth-order valence-corrected chi connectivity index (χ4v) is 3.29. The van der Waals surface area contributed by atoms with E-state index in [1.807, 2.05) is 18.2 Å². The zero-order valence-corrected chi connectivity index (χ0v) is 15.1. The lowest BCUT2D eigenvalue weighted by molar-refractivity contribution is 0.478. The van der Waals surface area contributed by atoms with Gasteiger partial charge in [-0.15, -0.1) is 0 Å². The van der Waals surface area contributed by atoms with Crippen LogP contribution in [0.5, 0.6) is 0 Å². The van der Waals surface area contributed by atoms with Crippen molar-refractivity contribution in [3.05, 3.63) is 66.2 Å². The Hall–Kier alpha value is -2.72. The molecule has 4 rings (SSSR count). The van der Waals surface area contributed by atoms with Crippen molar-refractivity contribution in [3.63, 3.8) is 0 Å². The molecule has 26 heavy (non-hydrogen) atoms. The van der Waals surface area contributed by atoms with Crippen LogP contribution in [0.15, 0.2) is 60.7 Å². The van der Waals surface area contributed by atoms with Gasteiger partial charge in [-0.25, -0.2) is 9.97 Å². The van der Waals surface area contributed by atoms with Crippen LogP contribution in [0, 0.1) is 6.92 Å². The first-order valence-corrected chi connectivity index (χ1v) is 9.27. The van der Waals surface area contributed by atoms with Crippen molar-refractivity contribution < 1.29 is 0 Å². The highest BCUT2D eigenvalue weighted by atomic mass is 15.1. The number of aryl methyl sites for hydroxylation is 1. The molecule has 0 spiro atoms. The molecule has 2 aromatic carbocycles. The lowest BCUT2D eigenvalue weighted by Gasteiger charge is -2.24. The van der Waals surface area contributed by atoms with Gasteiger partial charge in [0.2, 0.25) is 0 Å². The second-order valence-corrected chi connectivity index (χ2v) is 6.86. The second-order valence-electron chi connectivity index (χ2n) is 6.86. The quantitative estimate of drug-likeness (QED) is 0.741. The molecule has 2 N–H and O–H groups in total. The lowest BCUT2D eigenvalue weighted by atomic mass is 10.1. The summed E-state index contributed by atoms with van der Waals surface area (Å²) in [6.45, 7) is 4.20. The fraction of sp³-hybridized carbons (Fsp3) is 0.273. The van der Waals surface area contributed by atoms with E-state index in [0.717, 1.165) is 54.4 Å². The molecule has 0 atom stereocenters. The van der Waals surface area contributed by atoms with Gasteiger partial charge in [-0.2, -0.15) is 0 Å². The molecule has 0 radical (unpaired) electrons. The van der Waals surface area contributed by atoms with Crippen molar-refractivity contribution in [2.45, 2.75) is 25.8 Å². The number of nitrogens with one attached hydrogen (secondary N) is 2. The van der Waals surface area contributed by atoms with Crippen LogP contribution in [-0.2, 0) is 0 Å². The van der Waals surface area contributed by atoms with E-state index in [9.17, 15) is 0 Å². The van der Waals surface area contributed by atoms with Crippen molar-refractivity contribution in [1.82, 2.24) is 15.3 Å². The number of piperidine rings is 1. The molecule has 1 saturated heterocycles. The van der Waals surface area contributed by atoms with Gasteiger partial charge in [0, 0.05) is 23.2 Å². The van der Waals surface area contributed by atoms with Crippen LogP contribution in [0.2, 0.25) is 0 Å². The summed E-state index contributed by atoms with van der Waals surface area (Å²) in [5.74, 6) is 1.67. The summed E-state index contributed by atoms with van der Waals surface area (Å²) in [7, 11) is 0. The topological polar surface area (TPSA) is 49.8 Å². The molecule has 4 heteroatoms. The monoisotopic (exact) mass is 344 g/mol. The summed E-state index contributed by atoms with van der Waals surface area (Å²) in [5.41, 5.74) is 4.34. The summed E-state index contributed by atoms with van der Waals surface area (Å²) in [5, 5.41) is 7.03. The third-order valence-electron chi connectivity index (χ3n) is 4.80. The van der Waals surface area contributed by atoms with Gasteiger partial charge < -0.3 is 10.6 Å². The van der Waals surface area contributed by atoms with Crippen molar-refractivity contribution in [3.8, 4) is 22.6 Å². The Bertz CT molecular complexity index is 853. The predicted octanol–water partition coefficient (Wildman–Crippen LogP) is 4.28. The predicted molar refractivity (Wildman–Crippen MR) is 107 cm³/mol. The van der Waals surface area contributed by atoms with E-state index in [-0.39, 0.29) is 0 Å². The van der Waals surface area contributed by atoms with Gasteiger partial charge in [0.1, 0.15) is 5.82 Å². The van der Waals surface area contributed by atoms with Gasteiger partial charge in [0.05, 0.1) is 5.69 Å². The summed E-state index contributed by atoms with van der Waals surface area (Å²) in [6, 6.07) is 21.2. The molecule has 4 nitrogen and oxygen atoms in total. The highest BCUT2D eigenvalue weighted by Gasteiger charge is 2.15. The van der Waals surface area contributed by atoms with E-state index in [1.54, 1.807) is 0 Å². The molecule has 0 aliphatic carbocycles. The van der Waals surface area contributed by atoms with E-state index < -0.39 is 0 Å². The van der Waals surface area contributed by atoms with Crippen molar-refractivity contribution in [1.29, 1.82) is 0 Å². The minimum absolute atomic E-state index is 0.459. The molecular formula is C22H24N4. The van der Waals surface area contributed by atoms with Crippen LogP contribution >= 0.6 is 0 Å². The summed E-state index contributed by atoms with van der Waals surface area (Å²) in [4.78, 5) is 9.64. The number of anilines is 1. The van der Waals surface area contributed by atoms with Crippen molar-refractivity contribution in [2.75, 3.05) is 18.4 Å². The number of hydrogen-bond acceptors (Lipinski definition) is 4. The number of hydrogen-bond donors (Lipinski definition) is 2. The Labute approximate surface area is 154 Å². The largest absolute Gasteiger partial charge is 0.367 e. The van der Waals surface area contributed by atoms with E-state index in [2.05, 4.69) is 60.0 Å². The first kappa shape index (κ1) is 16.7. The van der Waals surface area contributed by atoms with Crippen LogP contribution in [0.3, 0.4) is 0 Å². The average Bonchev–Trinajstić information content (AvgIpc) is 2.70. The summed E-state index contributed by atoms with van der Waals surface area (Å²) in [6.07, 6.45) is 2.23. The summed E-state index contributed by atoms with van der Waals surface area (Å²) >= 11 is 0. The van der Waals surface area contributed by atoms with Gasteiger partial charge in [-0.3, -0.25) is 0 Å². The third kappa shape index (κ3) is 3.92. The maximum atomic E-state index is 4.83. The molecule has 1 aliphatic rings. The lowest BCUT2D eigenvalue weighted by Crippen LogP contribution is -2.35. The number of benzene rings is 2. The van der Waals surface area contributed by atoms with Crippen molar-refractivity contribution >= 4 is 5.82 Å². The molecule has 3 aromatic rings.